The normalized spacial score (nSPS) is 13.8. The van der Waals surface area contributed by atoms with Crippen molar-refractivity contribution in [2.75, 3.05) is 25.1 Å². The van der Waals surface area contributed by atoms with Gasteiger partial charge in [-0.3, -0.25) is 19.3 Å². The molecule has 0 saturated carbocycles. The maximum Gasteiger partial charge on any atom is 0.339 e. The number of nitrogens with zero attached hydrogens (tertiary/aromatic N) is 1. The molecule has 0 radical (unpaired) electrons. The number of rotatable bonds is 11. The lowest BCUT2D eigenvalue weighted by atomic mass is 10.1. The van der Waals surface area contributed by atoms with Crippen LogP contribution in [-0.4, -0.2) is 47.7 Å². The lowest BCUT2D eigenvalue weighted by Gasteiger charge is -2.15. The van der Waals surface area contributed by atoms with Gasteiger partial charge in [0.05, 0.1) is 33.2 Å². The number of anilines is 1. The van der Waals surface area contributed by atoms with Gasteiger partial charge in [-0.05, 0) is 89.6 Å². The smallest absolute Gasteiger partial charge is 0.339 e. The molecule has 1 saturated heterocycles. The van der Waals surface area contributed by atoms with E-state index in [1.807, 2.05) is 25.1 Å². The molecule has 9 nitrogen and oxygen atoms in total. The monoisotopic (exact) mass is 706 g/mol. The Balaban J connectivity index is 1.47. The van der Waals surface area contributed by atoms with E-state index in [2.05, 4.69) is 21.2 Å². The largest absolute Gasteiger partial charge is 0.490 e. The quantitative estimate of drug-likeness (QED) is 0.160. The fourth-order valence-electron chi connectivity index (χ4n) is 3.94. The Bertz CT molecular complexity index is 1620. The molecule has 3 aromatic rings. The van der Waals surface area contributed by atoms with E-state index in [1.165, 1.54) is 18.2 Å². The van der Waals surface area contributed by atoms with E-state index in [9.17, 15) is 19.2 Å². The molecule has 43 heavy (non-hydrogen) atoms. The maximum absolute atomic E-state index is 13.1. The number of amides is 3. The summed E-state index contributed by atoms with van der Waals surface area (Å²) < 4.78 is 17.3. The van der Waals surface area contributed by atoms with Crippen LogP contribution in [0.3, 0.4) is 0 Å². The van der Waals surface area contributed by atoms with Gasteiger partial charge in [-0.1, -0.05) is 41.4 Å². The fraction of sp³-hybridized carbons (Fsp3) is 0.200. The summed E-state index contributed by atoms with van der Waals surface area (Å²) in [7, 11) is 0. The van der Waals surface area contributed by atoms with E-state index in [0.29, 0.717) is 44.9 Å². The van der Waals surface area contributed by atoms with Gasteiger partial charge in [-0.2, -0.15) is 0 Å². The molecular weight excluding hydrogens is 683 g/mol. The molecule has 0 aromatic heterocycles. The van der Waals surface area contributed by atoms with Crippen molar-refractivity contribution in [3.63, 3.8) is 0 Å². The van der Waals surface area contributed by atoms with Crippen LogP contribution < -0.4 is 14.8 Å². The summed E-state index contributed by atoms with van der Waals surface area (Å²) in [6, 6.07) is 15.0. The minimum absolute atomic E-state index is 0.0771. The number of hydrogen-bond donors (Lipinski definition) is 1. The van der Waals surface area contributed by atoms with Crippen LogP contribution in [0.5, 0.6) is 11.5 Å². The molecule has 3 amide bonds. The molecule has 1 heterocycles. The van der Waals surface area contributed by atoms with Crippen LogP contribution in [0, 0.1) is 0 Å². The molecule has 0 spiro atoms. The summed E-state index contributed by atoms with van der Waals surface area (Å²) in [6.07, 6.45) is 1.54. The first-order chi connectivity index (χ1) is 20.6. The third-order valence-corrected chi connectivity index (χ3v) is 8.07. The van der Waals surface area contributed by atoms with E-state index >= 15 is 0 Å². The van der Waals surface area contributed by atoms with Crippen molar-refractivity contribution in [3.05, 3.63) is 90.7 Å². The second-order valence-corrected chi connectivity index (χ2v) is 11.5. The number of imide groups is 1. The summed E-state index contributed by atoms with van der Waals surface area (Å²) >= 11 is 16.6. The van der Waals surface area contributed by atoms with Crippen LogP contribution >= 0.6 is 50.9 Å². The average Bonchev–Trinajstić information content (AvgIpc) is 3.21. The van der Waals surface area contributed by atoms with Crippen LogP contribution in [0.15, 0.2) is 64.0 Å². The third-order valence-electron chi connectivity index (χ3n) is 5.88. The summed E-state index contributed by atoms with van der Waals surface area (Å²) in [5.41, 5.74) is 1.71. The van der Waals surface area contributed by atoms with Crippen LogP contribution in [0.25, 0.3) is 6.08 Å². The summed E-state index contributed by atoms with van der Waals surface area (Å²) in [5, 5.41) is 2.71. The van der Waals surface area contributed by atoms with Crippen molar-refractivity contribution in [2.45, 2.75) is 20.5 Å². The Hall–Kier alpha value is -3.51. The van der Waals surface area contributed by atoms with Crippen LogP contribution in [-0.2, 0) is 20.9 Å². The Morgan fingerprint density at radius 2 is 1.77 bits per heavy atom. The predicted octanol–water partition coefficient (Wildman–Crippen LogP) is 7.59. The van der Waals surface area contributed by atoms with Gasteiger partial charge in [0.15, 0.2) is 11.5 Å². The standard InChI is InChI=1S/C30H25BrCl2N2O7S/c1-3-40-24-12-17(11-21(31)27(24)42-16-18-7-5-6-8-22(18)32)13-25-28(37)35(30(39)43-25)15-26(36)34-19-9-10-23(33)20(14-19)29(38)41-4-2/h5-14H,3-4,15-16H2,1-2H3,(H,34,36)/b25-13+. The Morgan fingerprint density at radius 1 is 1.00 bits per heavy atom. The van der Waals surface area contributed by atoms with Gasteiger partial charge >= 0.3 is 5.97 Å². The van der Waals surface area contributed by atoms with Crippen molar-refractivity contribution in [1.29, 1.82) is 0 Å². The van der Waals surface area contributed by atoms with Crippen molar-refractivity contribution < 1.29 is 33.4 Å². The Morgan fingerprint density at radius 3 is 2.49 bits per heavy atom. The predicted molar refractivity (Wildman–Crippen MR) is 170 cm³/mol. The first-order valence-electron chi connectivity index (χ1n) is 13.0. The molecule has 1 fully saturated rings. The molecule has 4 rings (SSSR count). The van der Waals surface area contributed by atoms with Gasteiger partial charge < -0.3 is 19.5 Å². The van der Waals surface area contributed by atoms with Crippen molar-refractivity contribution in [2.24, 2.45) is 0 Å². The van der Waals surface area contributed by atoms with Gasteiger partial charge in [0, 0.05) is 16.3 Å². The van der Waals surface area contributed by atoms with Gasteiger partial charge in [-0.15, -0.1) is 0 Å². The lowest BCUT2D eigenvalue weighted by Crippen LogP contribution is -2.36. The molecule has 0 aliphatic carbocycles. The van der Waals surface area contributed by atoms with Crippen LogP contribution in [0.2, 0.25) is 10.0 Å². The lowest BCUT2D eigenvalue weighted by molar-refractivity contribution is -0.127. The molecule has 0 atom stereocenters. The minimum Gasteiger partial charge on any atom is -0.490 e. The molecule has 1 aliphatic rings. The molecule has 224 valence electrons. The van der Waals surface area contributed by atoms with Gasteiger partial charge in [0.1, 0.15) is 13.2 Å². The highest BCUT2D eigenvalue weighted by molar-refractivity contribution is 9.10. The second-order valence-electron chi connectivity index (χ2n) is 8.87. The molecule has 13 heteroatoms. The minimum atomic E-state index is -0.640. The van der Waals surface area contributed by atoms with Gasteiger partial charge in [0.2, 0.25) is 5.91 Å². The number of halogens is 3. The fourth-order valence-corrected chi connectivity index (χ4v) is 5.74. The van der Waals surface area contributed by atoms with Crippen molar-refractivity contribution >= 4 is 85.7 Å². The Kier molecular flexibility index (Phi) is 11.1. The molecule has 1 N–H and O–H groups in total. The maximum atomic E-state index is 13.1. The molecule has 0 unspecified atom stereocenters. The average molecular weight is 708 g/mol. The molecule has 1 aliphatic heterocycles. The molecular formula is C30H25BrCl2N2O7S. The van der Waals surface area contributed by atoms with Gasteiger partial charge in [-0.25, -0.2) is 4.79 Å². The zero-order valence-corrected chi connectivity index (χ0v) is 26.9. The van der Waals surface area contributed by atoms with E-state index in [-0.39, 0.29) is 34.4 Å². The highest BCUT2D eigenvalue weighted by Gasteiger charge is 2.36. The number of hydrogen-bond acceptors (Lipinski definition) is 8. The highest BCUT2D eigenvalue weighted by Crippen LogP contribution is 2.40. The number of esters is 1. The summed E-state index contributed by atoms with van der Waals surface area (Å²) in [5.74, 6) is -1.02. The molecule has 0 bridgehead atoms. The zero-order chi connectivity index (χ0) is 31.1. The summed E-state index contributed by atoms with van der Waals surface area (Å²) in [6.45, 7) is 3.69. The number of ether oxygens (including phenoxy) is 3. The van der Waals surface area contributed by atoms with E-state index in [0.717, 1.165) is 10.5 Å². The highest BCUT2D eigenvalue weighted by atomic mass is 79.9. The topological polar surface area (TPSA) is 111 Å². The number of benzene rings is 3. The number of carbonyl (C=O) groups excluding carboxylic acids is 4. The SMILES string of the molecule is CCOC(=O)c1cc(NC(=O)CN2C(=O)S/C(=C/c3cc(Br)c(OCc4ccccc4Cl)c(OCC)c3)C2=O)ccc1Cl. The molecule has 3 aromatic carbocycles. The Labute approximate surface area is 270 Å². The van der Waals surface area contributed by atoms with Gasteiger partial charge in [0.25, 0.3) is 11.1 Å². The first-order valence-corrected chi connectivity index (χ1v) is 15.3. The van der Waals surface area contributed by atoms with E-state index in [1.54, 1.807) is 31.2 Å². The second kappa shape index (κ2) is 14.8. The van der Waals surface area contributed by atoms with Crippen LogP contribution in [0.1, 0.15) is 35.3 Å². The van der Waals surface area contributed by atoms with E-state index < -0.39 is 29.6 Å². The number of thioether (sulfide) groups is 1. The number of carbonyl (C=O) groups is 4. The third kappa shape index (κ3) is 8.11. The summed E-state index contributed by atoms with van der Waals surface area (Å²) in [4.78, 5) is 51.6. The van der Waals surface area contributed by atoms with E-state index in [4.69, 9.17) is 37.4 Å². The van der Waals surface area contributed by atoms with Crippen LogP contribution in [0.4, 0.5) is 10.5 Å². The zero-order valence-electron chi connectivity index (χ0n) is 22.9. The van der Waals surface area contributed by atoms with Crippen molar-refractivity contribution in [1.82, 2.24) is 4.90 Å². The first kappa shape index (κ1) is 32.4. The van der Waals surface area contributed by atoms with Crippen molar-refractivity contribution in [3.8, 4) is 11.5 Å². The number of nitrogens with one attached hydrogen (secondary N) is 1.